The molecule has 2 rings (SSSR count). The smallest absolute Gasteiger partial charge is 0.190 e. The third-order valence-corrected chi connectivity index (χ3v) is 5.15. The molecule has 1 aromatic rings. The summed E-state index contributed by atoms with van der Waals surface area (Å²) < 4.78 is 11.3. The highest BCUT2D eigenvalue weighted by molar-refractivity contribution is 14.0. The molecule has 2 N–H and O–H groups in total. The van der Waals surface area contributed by atoms with Gasteiger partial charge in [-0.15, -0.1) is 24.0 Å². The average Bonchev–Trinajstić information content (AvgIpc) is 2.67. The van der Waals surface area contributed by atoms with Crippen LogP contribution in [0.2, 0.25) is 0 Å². The largest absolute Gasteiger partial charge is 0.497 e. The van der Waals surface area contributed by atoms with Crippen LogP contribution in [0.3, 0.4) is 0 Å². The van der Waals surface area contributed by atoms with Crippen molar-refractivity contribution in [3.05, 3.63) is 29.8 Å². The summed E-state index contributed by atoms with van der Waals surface area (Å²) in [6, 6.07) is 8.28. The maximum atomic E-state index is 6.08. The van der Waals surface area contributed by atoms with E-state index >= 15 is 0 Å². The number of hydrogen-bond donors (Lipinski definition) is 2. The van der Waals surface area contributed by atoms with Crippen LogP contribution in [-0.2, 0) is 11.2 Å². The number of rotatable bonds is 7. The first-order chi connectivity index (χ1) is 12.9. The van der Waals surface area contributed by atoms with E-state index in [-0.39, 0.29) is 29.4 Å². The van der Waals surface area contributed by atoms with Crippen LogP contribution < -0.4 is 15.4 Å². The molecule has 0 bridgehead atoms. The van der Waals surface area contributed by atoms with Gasteiger partial charge in [-0.2, -0.15) is 0 Å². The molecule has 6 heteroatoms. The third-order valence-electron chi connectivity index (χ3n) is 5.15. The second kappa shape index (κ2) is 12.5. The quantitative estimate of drug-likeness (QED) is 0.253. The summed E-state index contributed by atoms with van der Waals surface area (Å²) >= 11 is 0. The molecule has 2 atom stereocenters. The van der Waals surface area contributed by atoms with Gasteiger partial charge in [0, 0.05) is 32.7 Å². The van der Waals surface area contributed by atoms with Gasteiger partial charge >= 0.3 is 0 Å². The number of ether oxygens (including phenoxy) is 2. The van der Waals surface area contributed by atoms with Gasteiger partial charge in [-0.3, -0.25) is 4.99 Å². The van der Waals surface area contributed by atoms with Crippen molar-refractivity contribution in [3.8, 4) is 5.75 Å². The van der Waals surface area contributed by atoms with Crippen molar-refractivity contribution < 1.29 is 9.47 Å². The Kier molecular flexibility index (Phi) is 11.2. The number of aliphatic imine (C=N–C) groups is 1. The van der Waals surface area contributed by atoms with Crippen molar-refractivity contribution in [2.45, 2.75) is 52.6 Å². The lowest BCUT2D eigenvalue weighted by Crippen LogP contribution is -2.47. The van der Waals surface area contributed by atoms with Crippen LogP contribution in [0.25, 0.3) is 0 Å². The summed E-state index contributed by atoms with van der Waals surface area (Å²) in [5.41, 5.74) is 1.50. The Bertz CT molecular complexity index is 584. The van der Waals surface area contributed by atoms with Crippen molar-refractivity contribution >= 4 is 29.9 Å². The predicted octanol–water partition coefficient (Wildman–Crippen LogP) is 4.25. The van der Waals surface area contributed by atoms with Gasteiger partial charge < -0.3 is 20.1 Å². The Hall–Kier alpha value is -1.02. The topological polar surface area (TPSA) is 54.9 Å². The number of nitrogens with one attached hydrogen (secondary N) is 2. The van der Waals surface area contributed by atoms with Crippen molar-refractivity contribution in [3.63, 3.8) is 0 Å². The van der Waals surface area contributed by atoms with Gasteiger partial charge in [-0.25, -0.2) is 0 Å². The summed E-state index contributed by atoms with van der Waals surface area (Å²) in [5.74, 6) is 2.31. The molecule has 0 amide bonds. The summed E-state index contributed by atoms with van der Waals surface area (Å²) in [4.78, 5) is 4.36. The number of hydrogen-bond acceptors (Lipinski definition) is 3. The molecule has 1 heterocycles. The van der Waals surface area contributed by atoms with Crippen molar-refractivity contribution in [2.75, 3.05) is 33.9 Å². The number of guanidine groups is 1. The molecule has 1 saturated heterocycles. The minimum Gasteiger partial charge on any atom is -0.497 e. The first-order valence-corrected chi connectivity index (χ1v) is 10.1. The minimum absolute atomic E-state index is 0. The van der Waals surface area contributed by atoms with E-state index < -0.39 is 0 Å². The molecule has 0 radical (unpaired) electrons. The van der Waals surface area contributed by atoms with Gasteiger partial charge in [0.25, 0.3) is 0 Å². The molecule has 0 saturated carbocycles. The van der Waals surface area contributed by atoms with E-state index in [1.807, 2.05) is 19.2 Å². The van der Waals surface area contributed by atoms with Crippen LogP contribution >= 0.6 is 24.0 Å². The van der Waals surface area contributed by atoms with Crippen molar-refractivity contribution in [1.29, 1.82) is 0 Å². The fraction of sp³-hybridized carbons (Fsp3) is 0.682. The number of benzene rings is 1. The zero-order valence-corrected chi connectivity index (χ0v) is 20.4. The van der Waals surface area contributed by atoms with Crippen LogP contribution in [0.4, 0.5) is 0 Å². The van der Waals surface area contributed by atoms with Crippen molar-refractivity contribution in [2.24, 2.45) is 16.3 Å². The maximum absolute atomic E-state index is 6.08. The normalized spacial score (nSPS) is 20.2. The van der Waals surface area contributed by atoms with E-state index in [1.165, 1.54) is 12.0 Å². The van der Waals surface area contributed by atoms with Gasteiger partial charge in [0.2, 0.25) is 0 Å². The standard InChI is InChI=1S/C22H37N3O2.HI/c1-22(2,3)20-18(9-7-15-27-20)16-25-21(23-4)24-14-6-8-17-10-12-19(26-5)13-11-17;/h10-13,18,20H,6-9,14-16H2,1-5H3,(H2,23,24,25);1H. The molecule has 2 unspecified atom stereocenters. The molecule has 1 aliphatic heterocycles. The van der Waals surface area contributed by atoms with E-state index in [4.69, 9.17) is 9.47 Å². The SMILES string of the molecule is CN=C(NCCCc1ccc(OC)cc1)NCC1CCCOC1C(C)(C)C.I. The second-order valence-electron chi connectivity index (χ2n) is 8.39. The lowest BCUT2D eigenvalue weighted by molar-refractivity contribution is -0.0835. The molecule has 1 aliphatic rings. The van der Waals surface area contributed by atoms with Crippen LogP contribution in [0, 0.1) is 11.3 Å². The molecule has 0 aliphatic carbocycles. The van der Waals surface area contributed by atoms with Crippen LogP contribution in [0.15, 0.2) is 29.3 Å². The third kappa shape index (κ3) is 8.15. The number of methoxy groups -OCH3 is 1. The van der Waals surface area contributed by atoms with Crippen molar-refractivity contribution in [1.82, 2.24) is 10.6 Å². The molecule has 0 spiro atoms. The maximum Gasteiger partial charge on any atom is 0.190 e. The van der Waals surface area contributed by atoms with Crippen LogP contribution in [0.5, 0.6) is 5.75 Å². The van der Waals surface area contributed by atoms with Gasteiger partial charge in [-0.1, -0.05) is 32.9 Å². The Labute approximate surface area is 188 Å². The minimum atomic E-state index is 0. The lowest BCUT2D eigenvalue weighted by Gasteiger charge is -2.40. The first-order valence-electron chi connectivity index (χ1n) is 10.1. The van der Waals surface area contributed by atoms with Gasteiger partial charge in [0.05, 0.1) is 13.2 Å². The van der Waals surface area contributed by atoms with Crippen LogP contribution in [0.1, 0.15) is 45.6 Å². The molecule has 1 fully saturated rings. The van der Waals surface area contributed by atoms with E-state index in [0.717, 1.165) is 50.7 Å². The summed E-state index contributed by atoms with van der Waals surface area (Å²) in [7, 11) is 3.53. The first kappa shape index (κ1) is 25.0. The zero-order chi connectivity index (χ0) is 19.7. The zero-order valence-electron chi connectivity index (χ0n) is 18.1. The highest BCUT2D eigenvalue weighted by Gasteiger charge is 2.35. The Morgan fingerprint density at radius 2 is 1.93 bits per heavy atom. The number of nitrogens with zero attached hydrogens (tertiary/aromatic N) is 1. The molecular weight excluding hydrogens is 465 g/mol. The Morgan fingerprint density at radius 1 is 1.21 bits per heavy atom. The Balaban J connectivity index is 0.00000392. The fourth-order valence-electron chi connectivity index (χ4n) is 3.75. The second-order valence-corrected chi connectivity index (χ2v) is 8.39. The van der Waals surface area contributed by atoms with E-state index in [9.17, 15) is 0 Å². The molecule has 28 heavy (non-hydrogen) atoms. The van der Waals surface area contributed by atoms with Gasteiger partial charge in [0.1, 0.15) is 5.75 Å². The Morgan fingerprint density at radius 3 is 2.54 bits per heavy atom. The van der Waals surface area contributed by atoms with E-state index in [0.29, 0.717) is 12.0 Å². The molecular formula is C22H38IN3O2. The summed E-state index contributed by atoms with van der Waals surface area (Å²) in [6.45, 7) is 9.49. The highest BCUT2D eigenvalue weighted by atomic mass is 127. The lowest BCUT2D eigenvalue weighted by atomic mass is 9.78. The predicted molar refractivity (Wildman–Crippen MR) is 128 cm³/mol. The number of halogens is 1. The van der Waals surface area contributed by atoms with Gasteiger partial charge in [0.15, 0.2) is 5.96 Å². The number of aryl methyl sites for hydroxylation is 1. The summed E-state index contributed by atoms with van der Waals surface area (Å²) in [6.07, 6.45) is 4.75. The summed E-state index contributed by atoms with van der Waals surface area (Å²) in [5, 5.41) is 6.93. The fourth-order valence-corrected chi connectivity index (χ4v) is 3.75. The monoisotopic (exact) mass is 503 g/mol. The van der Waals surface area contributed by atoms with Crippen LogP contribution in [-0.4, -0.2) is 45.9 Å². The average molecular weight is 503 g/mol. The highest BCUT2D eigenvalue weighted by Crippen LogP contribution is 2.33. The van der Waals surface area contributed by atoms with E-state index in [1.54, 1.807) is 7.11 Å². The molecule has 0 aromatic heterocycles. The molecule has 1 aromatic carbocycles. The molecule has 5 nitrogen and oxygen atoms in total. The van der Waals surface area contributed by atoms with Gasteiger partial charge in [-0.05, 0) is 48.8 Å². The molecule has 160 valence electrons. The van der Waals surface area contributed by atoms with E-state index in [2.05, 4.69) is 48.5 Å².